The van der Waals surface area contributed by atoms with E-state index >= 15 is 0 Å². The van der Waals surface area contributed by atoms with E-state index in [-0.39, 0.29) is 37.2 Å². The van der Waals surface area contributed by atoms with Crippen LogP contribution in [-0.2, 0) is 16.1 Å². The maximum Gasteiger partial charge on any atom is 0.243 e. The van der Waals surface area contributed by atoms with Gasteiger partial charge < -0.3 is 21.1 Å². The smallest absolute Gasteiger partial charge is 0.243 e. The van der Waals surface area contributed by atoms with Gasteiger partial charge in [-0.05, 0) is 23.5 Å². The lowest BCUT2D eigenvalue weighted by Crippen LogP contribution is -2.54. The lowest BCUT2D eigenvalue weighted by molar-refractivity contribution is -0.141. The second-order valence-electron chi connectivity index (χ2n) is 8.92. The van der Waals surface area contributed by atoms with E-state index in [2.05, 4.69) is 10.3 Å². The molecule has 1 aliphatic rings. The van der Waals surface area contributed by atoms with Crippen molar-refractivity contribution < 1.29 is 14.7 Å². The summed E-state index contributed by atoms with van der Waals surface area (Å²) in [6.07, 6.45) is -0.503. The Kier molecular flexibility index (Phi) is 8.21. The molecule has 3 atom stereocenters. The molecule has 1 aliphatic heterocycles. The molecule has 31 heavy (non-hydrogen) atoms. The molecular weight excluding hydrogens is 436 g/mol. The number of hydrogen-bond donors (Lipinski definition) is 3. The number of aromatic nitrogens is 1. The summed E-state index contributed by atoms with van der Waals surface area (Å²) < 4.78 is 0. The largest absolute Gasteiger partial charge is 0.391 e. The van der Waals surface area contributed by atoms with Gasteiger partial charge in [-0.2, -0.15) is 0 Å². The van der Waals surface area contributed by atoms with Crippen molar-refractivity contribution in [2.45, 2.75) is 58.8 Å². The van der Waals surface area contributed by atoms with Crippen molar-refractivity contribution in [3.63, 3.8) is 0 Å². The minimum absolute atomic E-state index is 0. The maximum atomic E-state index is 12.8. The fourth-order valence-corrected chi connectivity index (χ4v) is 4.33. The van der Waals surface area contributed by atoms with Crippen LogP contribution in [0.15, 0.2) is 29.8 Å². The van der Waals surface area contributed by atoms with Crippen LogP contribution in [0.2, 0.25) is 0 Å². The van der Waals surface area contributed by atoms with Crippen LogP contribution in [0.3, 0.4) is 0 Å². The zero-order chi connectivity index (χ0) is 22.1. The molecule has 0 bridgehead atoms. The molecule has 1 aromatic heterocycles. The summed E-state index contributed by atoms with van der Waals surface area (Å²) in [6.45, 7) is 8.11. The zero-order valence-corrected chi connectivity index (χ0v) is 19.9. The number of carbonyl (C=O) groups excluding carboxylic acids is 2. The number of β-amino-alcohol motifs (C(OH)–C–C–N with tert-alkyl or cyclic N) is 1. The van der Waals surface area contributed by atoms with Gasteiger partial charge in [-0.15, -0.1) is 23.7 Å². The van der Waals surface area contributed by atoms with Gasteiger partial charge in [0, 0.05) is 19.5 Å². The van der Waals surface area contributed by atoms with E-state index in [9.17, 15) is 14.7 Å². The van der Waals surface area contributed by atoms with E-state index in [1.807, 2.05) is 57.5 Å². The second kappa shape index (κ2) is 10.1. The van der Waals surface area contributed by atoms with E-state index < -0.39 is 23.6 Å². The quantitative estimate of drug-likeness (QED) is 0.627. The number of thiazole rings is 1. The molecule has 9 heteroatoms. The lowest BCUT2D eigenvalue weighted by Gasteiger charge is -2.32. The molecule has 2 amide bonds. The van der Waals surface area contributed by atoms with E-state index in [1.165, 1.54) is 4.90 Å². The van der Waals surface area contributed by atoms with Crippen LogP contribution in [0.5, 0.6) is 0 Å². The van der Waals surface area contributed by atoms with Crippen molar-refractivity contribution in [3.05, 3.63) is 41.0 Å². The molecule has 0 aliphatic carbocycles. The summed E-state index contributed by atoms with van der Waals surface area (Å²) in [6, 6.07) is 6.52. The standard InChI is InChI=1S/C22H30N4O3S.ClH/c1-13-18(30-12-25-13)15-7-5-14(6-8-15)10-24-20(28)17-9-16(27)11-26(17)21(29)19(23)22(2,3)4;/h5-8,12,16-17,19,27H,9-11,23H2,1-4H3,(H,24,28);1H/t16?,17?,19-;/m1./s1. The minimum Gasteiger partial charge on any atom is -0.391 e. The molecule has 3 rings (SSSR count). The van der Waals surface area contributed by atoms with E-state index in [0.717, 1.165) is 21.7 Å². The number of nitrogens with one attached hydrogen (secondary N) is 1. The van der Waals surface area contributed by atoms with Crippen molar-refractivity contribution >= 4 is 35.6 Å². The average Bonchev–Trinajstić information content (AvgIpc) is 3.30. The van der Waals surface area contributed by atoms with Crippen molar-refractivity contribution in [2.75, 3.05) is 6.54 Å². The normalized spacial score (nSPS) is 19.6. The van der Waals surface area contributed by atoms with Crippen molar-refractivity contribution in [2.24, 2.45) is 11.1 Å². The number of benzene rings is 1. The number of carbonyl (C=O) groups is 2. The number of likely N-dealkylation sites (tertiary alicyclic amines) is 1. The highest BCUT2D eigenvalue weighted by Crippen LogP contribution is 2.27. The number of rotatable bonds is 5. The molecule has 1 aromatic carbocycles. The third kappa shape index (κ3) is 5.83. The first-order valence-corrected chi connectivity index (χ1v) is 11.0. The number of hydrogen-bond acceptors (Lipinski definition) is 6. The highest BCUT2D eigenvalue weighted by Gasteiger charge is 2.42. The Morgan fingerprint density at radius 1 is 1.32 bits per heavy atom. The van der Waals surface area contributed by atoms with Gasteiger partial charge in [0.15, 0.2) is 0 Å². The Labute approximate surface area is 193 Å². The molecule has 2 heterocycles. The zero-order valence-electron chi connectivity index (χ0n) is 18.3. The van der Waals surface area contributed by atoms with E-state index in [4.69, 9.17) is 5.73 Å². The van der Waals surface area contributed by atoms with Crippen LogP contribution in [0, 0.1) is 12.3 Å². The predicted octanol–water partition coefficient (Wildman–Crippen LogP) is 2.49. The second-order valence-corrected chi connectivity index (χ2v) is 9.78. The Morgan fingerprint density at radius 2 is 1.97 bits per heavy atom. The Hall–Kier alpha value is -2.00. The monoisotopic (exact) mass is 466 g/mol. The molecule has 2 aromatic rings. The van der Waals surface area contributed by atoms with Crippen LogP contribution >= 0.6 is 23.7 Å². The molecule has 2 unspecified atom stereocenters. The van der Waals surface area contributed by atoms with Gasteiger partial charge in [0.1, 0.15) is 6.04 Å². The number of aryl methyl sites for hydroxylation is 1. The average molecular weight is 467 g/mol. The maximum absolute atomic E-state index is 12.8. The van der Waals surface area contributed by atoms with Crippen LogP contribution in [-0.4, -0.2) is 51.5 Å². The molecule has 170 valence electrons. The number of aliphatic hydroxyl groups excluding tert-OH is 1. The highest BCUT2D eigenvalue weighted by molar-refractivity contribution is 7.13. The molecule has 0 spiro atoms. The van der Waals surface area contributed by atoms with Gasteiger partial charge in [0.05, 0.1) is 28.2 Å². The van der Waals surface area contributed by atoms with Gasteiger partial charge >= 0.3 is 0 Å². The molecule has 0 radical (unpaired) electrons. The number of nitrogens with zero attached hydrogens (tertiary/aromatic N) is 2. The summed E-state index contributed by atoms with van der Waals surface area (Å²) in [7, 11) is 0. The molecule has 0 saturated carbocycles. The number of aliphatic hydroxyl groups is 1. The SMILES string of the molecule is Cc1ncsc1-c1ccc(CNC(=O)C2CC(O)CN2C(=O)[C@@H](N)C(C)(C)C)cc1.Cl. The van der Waals surface area contributed by atoms with Crippen LogP contribution in [0.25, 0.3) is 10.4 Å². The van der Waals surface area contributed by atoms with Crippen LogP contribution in [0.1, 0.15) is 38.4 Å². The lowest BCUT2D eigenvalue weighted by atomic mass is 9.86. The third-order valence-electron chi connectivity index (χ3n) is 5.49. The molecule has 1 fully saturated rings. The van der Waals surface area contributed by atoms with E-state index in [1.54, 1.807) is 11.3 Å². The highest BCUT2D eigenvalue weighted by atomic mass is 35.5. The van der Waals surface area contributed by atoms with Crippen LogP contribution < -0.4 is 11.1 Å². The van der Waals surface area contributed by atoms with Crippen LogP contribution in [0.4, 0.5) is 0 Å². The first kappa shape index (κ1) is 25.3. The van der Waals surface area contributed by atoms with Crippen molar-refractivity contribution in [1.29, 1.82) is 0 Å². The molecular formula is C22H31ClN4O3S. The summed E-state index contributed by atoms with van der Waals surface area (Å²) in [5, 5.41) is 13.0. The van der Waals surface area contributed by atoms with E-state index in [0.29, 0.717) is 6.54 Å². The fourth-order valence-electron chi connectivity index (χ4n) is 3.51. The summed E-state index contributed by atoms with van der Waals surface area (Å²) in [4.78, 5) is 32.4. The third-order valence-corrected chi connectivity index (χ3v) is 6.47. The Bertz CT molecular complexity index is 910. The van der Waals surface area contributed by atoms with Gasteiger partial charge in [-0.25, -0.2) is 4.98 Å². The van der Waals surface area contributed by atoms with Crippen molar-refractivity contribution in [3.8, 4) is 10.4 Å². The number of halogens is 1. The first-order valence-electron chi connectivity index (χ1n) is 10.1. The summed E-state index contributed by atoms with van der Waals surface area (Å²) in [5.74, 6) is -0.577. The molecule has 1 saturated heterocycles. The minimum atomic E-state index is -0.735. The Balaban J connectivity index is 0.00000341. The summed E-state index contributed by atoms with van der Waals surface area (Å²) in [5.41, 5.74) is 10.6. The molecule has 4 N–H and O–H groups in total. The van der Waals surface area contributed by atoms with Gasteiger partial charge in [-0.1, -0.05) is 45.0 Å². The Morgan fingerprint density at radius 3 is 2.52 bits per heavy atom. The summed E-state index contributed by atoms with van der Waals surface area (Å²) >= 11 is 1.60. The topological polar surface area (TPSA) is 109 Å². The fraction of sp³-hybridized carbons (Fsp3) is 0.500. The van der Waals surface area contributed by atoms with Gasteiger partial charge in [-0.3, -0.25) is 9.59 Å². The number of amides is 2. The predicted molar refractivity (Wildman–Crippen MR) is 125 cm³/mol. The first-order chi connectivity index (χ1) is 14.1. The van der Waals surface area contributed by atoms with Gasteiger partial charge in [0.25, 0.3) is 0 Å². The number of nitrogens with two attached hydrogens (primary N) is 1. The van der Waals surface area contributed by atoms with Gasteiger partial charge in [0.2, 0.25) is 11.8 Å². The van der Waals surface area contributed by atoms with Crippen molar-refractivity contribution in [1.82, 2.24) is 15.2 Å². The molecule has 7 nitrogen and oxygen atoms in total.